The summed E-state index contributed by atoms with van der Waals surface area (Å²) in [5.41, 5.74) is 2.20. The van der Waals surface area contributed by atoms with E-state index in [9.17, 15) is 14.7 Å². The first-order valence-electron chi connectivity index (χ1n) is 9.20. The Morgan fingerprint density at radius 1 is 1.19 bits per heavy atom. The second-order valence-electron chi connectivity index (χ2n) is 7.31. The number of amides is 1. The summed E-state index contributed by atoms with van der Waals surface area (Å²) in [6.07, 6.45) is 0.770. The van der Waals surface area contributed by atoms with Crippen LogP contribution in [0.25, 0.3) is 0 Å². The molecular weight excluding hydrogens is 330 g/mol. The molecule has 5 heteroatoms. The van der Waals surface area contributed by atoms with E-state index in [1.54, 1.807) is 4.90 Å². The first kappa shape index (κ1) is 20.2. The van der Waals surface area contributed by atoms with Gasteiger partial charge in [0.1, 0.15) is 0 Å². The summed E-state index contributed by atoms with van der Waals surface area (Å²) in [5, 5.41) is 10.3. The summed E-state index contributed by atoms with van der Waals surface area (Å²) in [7, 11) is 0. The molecule has 1 aliphatic rings. The van der Waals surface area contributed by atoms with Crippen LogP contribution in [-0.2, 0) is 14.3 Å². The molecule has 0 spiro atoms. The van der Waals surface area contributed by atoms with Gasteiger partial charge in [-0.15, -0.1) is 0 Å². The zero-order chi connectivity index (χ0) is 19.4. The van der Waals surface area contributed by atoms with Gasteiger partial charge in [0.05, 0.1) is 17.7 Å². The zero-order valence-electron chi connectivity index (χ0n) is 16.3. The number of ketones is 1. The lowest BCUT2D eigenvalue weighted by Gasteiger charge is -2.27. The van der Waals surface area contributed by atoms with Crippen molar-refractivity contribution in [3.63, 3.8) is 0 Å². The van der Waals surface area contributed by atoms with Gasteiger partial charge >= 0.3 is 0 Å². The second kappa shape index (κ2) is 8.49. The van der Waals surface area contributed by atoms with Crippen molar-refractivity contribution in [2.75, 3.05) is 13.2 Å². The maximum absolute atomic E-state index is 12.5. The maximum Gasteiger partial charge on any atom is 0.290 e. The molecule has 0 unspecified atom stereocenters. The highest BCUT2D eigenvalue weighted by Crippen LogP contribution is 2.38. The highest BCUT2D eigenvalue weighted by atomic mass is 16.5. The van der Waals surface area contributed by atoms with Gasteiger partial charge in [-0.25, -0.2) is 0 Å². The highest BCUT2D eigenvalue weighted by Gasteiger charge is 2.41. The lowest BCUT2D eigenvalue weighted by Crippen LogP contribution is -2.32. The van der Waals surface area contributed by atoms with Crippen molar-refractivity contribution >= 4 is 11.7 Å². The molecule has 0 aromatic heterocycles. The number of carbonyl (C=O) groups is 2. The van der Waals surface area contributed by atoms with Crippen LogP contribution < -0.4 is 0 Å². The average molecular weight is 359 g/mol. The Morgan fingerprint density at radius 2 is 1.81 bits per heavy atom. The number of rotatable bonds is 8. The van der Waals surface area contributed by atoms with Gasteiger partial charge in [-0.05, 0) is 44.2 Å². The van der Waals surface area contributed by atoms with Crippen LogP contribution >= 0.6 is 0 Å². The molecule has 0 saturated heterocycles. The van der Waals surface area contributed by atoms with Gasteiger partial charge in [-0.2, -0.15) is 0 Å². The SMILES string of the molecule is CC(=O)C1=C(O)C(=O)N(CCCOC(C)C)[C@H]1c1ccc(C(C)C)cc1. The Balaban J connectivity index is 2.28. The summed E-state index contributed by atoms with van der Waals surface area (Å²) in [4.78, 5) is 26.2. The van der Waals surface area contributed by atoms with Gasteiger partial charge in [0.2, 0.25) is 0 Å². The molecule has 5 nitrogen and oxygen atoms in total. The van der Waals surface area contributed by atoms with Crippen molar-refractivity contribution in [1.82, 2.24) is 4.90 Å². The minimum Gasteiger partial charge on any atom is -0.503 e. The first-order chi connectivity index (χ1) is 12.2. The standard InChI is InChI=1S/C21H29NO4/c1-13(2)16-7-9-17(10-8-16)19-18(15(5)23)20(24)21(25)22(19)11-6-12-26-14(3)4/h7-10,13-14,19,24H,6,11-12H2,1-5H3/t19-/m0/s1. The molecule has 0 saturated carbocycles. The van der Waals surface area contributed by atoms with Crippen LogP contribution in [0.4, 0.5) is 0 Å². The van der Waals surface area contributed by atoms with E-state index in [2.05, 4.69) is 13.8 Å². The molecule has 1 N–H and O–H groups in total. The minimum absolute atomic E-state index is 0.128. The molecule has 0 bridgehead atoms. The predicted octanol–water partition coefficient (Wildman–Crippen LogP) is 3.91. The molecule has 1 aromatic rings. The van der Waals surface area contributed by atoms with Crippen LogP contribution in [0.2, 0.25) is 0 Å². The second-order valence-corrected chi connectivity index (χ2v) is 7.31. The molecule has 2 rings (SSSR count). The van der Waals surface area contributed by atoms with E-state index in [4.69, 9.17) is 4.74 Å². The summed E-state index contributed by atoms with van der Waals surface area (Å²) >= 11 is 0. The fourth-order valence-corrected chi connectivity index (χ4v) is 3.21. The number of hydrogen-bond acceptors (Lipinski definition) is 4. The normalized spacial score (nSPS) is 17.7. The lowest BCUT2D eigenvalue weighted by molar-refractivity contribution is -0.129. The lowest BCUT2D eigenvalue weighted by atomic mass is 9.94. The number of Topliss-reactive ketones (excluding diaryl/α,β-unsaturated/α-hetero) is 1. The number of nitrogens with zero attached hydrogens (tertiary/aromatic N) is 1. The Labute approximate surface area is 155 Å². The quantitative estimate of drug-likeness (QED) is 0.715. The number of hydrogen-bond donors (Lipinski definition) is 1. The Morgan fingerprint density at radius 3 is 2.31 bits per heavy atom. The number of ether oxygens (including phenoxy) is 1. The molecule has 0 aliphatic carbocycles. The molecule has 142 valence electrons. The Hall–Kier alpha value is -2.14. The number of aliphatic hydroxyl groups is 1. The van der Waals surface area contributed by atoms with Gasteiger partial charge < -0.3 is 14.7 Å². The van der Waals surface area contributed by atoms with Crippen molar-refractivity contribution in [1.29, 1.82) is 0 Å². The van der Waals surface area contributed by atoms with Crippen molar-refractivity contribution < 1.29 is 19.4 Å². The minimum atomic E-state index is -0.541. The molecule has 1 atom stereocenters. The maximum atomic E-state index is 12.5. The van der Waals surface area contributed by atoms with Crippen LogP contribution in [0.3, 0.4) is 0 Å². The highest BCUT2D eigenvalue weighted by molar-refractivity contribution is 6.08. The fraction of sp³-hybridized carbons (Fsp3) is 0.524. The van der Waals surface area contributed by atoms with Gasteiger partial charge in [0.15, 0.2) is 11.5 Å². The van der Waals surface area contributed by atoms with Gasteiger partial charge in [-0.3, -0.25) is 9.59 Å². The number of aliphatic hydroxyl groups excluding tert-OH is 1. The van der Waals surface area contributed by atoms with Gasteiger partial charge in [0.25, 0.3) is 5.91 Å². The smallest absolute Gasteiger partial charge is 0.290 e. The summed E-state index contributed by atoms with van der Waals surface area (Å²) in [6, 6.07) is 7.36. The van der Waals surface area contributed by atoms with Crippen molar-refractivity contribution in [3.05, 3.63) is 46.7 Å². The van der Waals surface area contributed by atoms with E-state index >= 15 is 0 Å². The topological polar surface area (TPSA) is 66.8 Å². The molecule has 1 amide bonds. The van der Waals surface area contributed by atoms with E-state index in [1.807, 2.05) is 38.1 Å². The molecule has 1 aromatic carbocycles. The van der Waals surface area contributed by atoms with E-state index in [1.165, 1.54) is 12.5 Å². The molecule has 1 aliphatic heterocycles. The van der Waals surface area contributed by atoms with E-state index < -0.39 is 17.7 Å². The molecule has 1 heterocycles. The van der Waals surface area contributed by atoms with Gasteiger partial charge in [0, 0.05) is 13.2 Å². The van der Waals surface area contributed by atoms with Crippen molar-refractivity contribution in [2.24, 2.45) is 0 Å². The van der Waals surface area contributed by atoms with Crippen LogP contribution in [0.1, 0.15) is 64.1 Å². The summed E-state index contributed by atoms with van der Waals surface area (Å²) in [5.74, 6) is -0.803. The molecule has 26 heavy (non-hydrogen) atoms. The van der Waals surface area contributed by atoms with Gasteiger partial charge in [-0.1, -0.05) is 38.1 Å². The van der Waals surface area contributed by atoms with Crippen LogP contribution in [0.15, 0.2) is 35.6 Å². The van der Waals surface area contributed by atoms with E-state index in [-0.39, 0.29) is 17.5 Å². The Kier molecular flexibility index (Phi) is 6.59. The zero-order valence-corrected chi connectivity index (χ0v) is 16.3. The number of benzene rings is 1. The fourth-order valence-electron chi connectivity index (χ4n) is 3.21. The third kappa shape index (κ3) is 4.33. The third-order valence-electron chi connectivity index (χ3n) is 4.60. The van der Waals surface area contributed by atoms with Crippen molar-refractivity contribution in [2.45, 2.75) is 59.1 Å². The van der Waals surface area contributed by atoms with Crippen LogP contribution in [-0.4, -0.2) is 41.0 Å². The monoisotopic (exact) mass is 359 g/mol. The average Bonchev–Trinajstić information content (AvgIpc) is 2.83. The van der Waals surface area contributed by atoms with Crippen LogP contribution in [0, 0.1) is 0 Å². The van der Waals surface area contributed by atoms with E-state index in [0.29, 0.717) is 25.5 Å². The van der Waals surface area contributed by atoms with E-state index in [0.717, 1.165) is 5.56 Å². The van der Waals surface area contributed by atoms with Crippen LogP contribution in [0.5, 0.6) is 0 Å². The summed E-state index contributed by atoms with van der Waals surface area (Å²) in [6.45, 7) is 10.5. The van der Waals surface area contributed by atoms with Crippen molar-refractivity contribution in [3.8, 4) is 0 Å². The first-order valence-corrected chi connectivity index (χ1v) is 9.20. The predicted molar refractivity (Wildman–Crippen MR) is 101 cm³/mol. The number of carbonyl (C=O) groups excluding carboxylic acids is 2. The molecular formula is C21H29NO4. The summed E-state index contributed by atoms with van der Waals surface area (Å²) < 4.78 is 5.54. The molecule has 0 fully saturated rings. The largest absolute Gasteiger partial charge is 0.503 e. The third-order valence-corrected chi connectivity index (χ3v) is 4.60. The molecule has 0 radical (unpaired) electrons. The Bertz CT molecular complexity index is 688.